The van der Waals surface area contributed by atoms with E-state index >= 15 is 0 Å². The maximum absolute atomic E-state index is 13.1. The number of nitrogens with zero attached hydrogens (tertiary/aromatic N) is 3. The molecule has 0 aromatic rings. The Bertz CT molecular complexity index is 1330. The van der Waals surface area contributed by atoms with E-state index < -0.39 is 0 Å². The van der Waals surface area contributed by atoms with Crippen LogP contribution in [-0.2, 0) is 42.7 Å². The summed E-state index contributed by atoms with van der Waals surface area (Å²) in [6.45, 7) is 6.07. The number of carbonyl (C=O) groups is 2. The minimum atomic E-state index is -0.270. The van der Waals surface area contributed by atoms with Crippen molar-refractivity contribution in [1.82, 2.24) is 0 Å². The van der Waals surface area contributed by atoms with Gasteiger partial charge in [0.05, 0.1) is 67.3 Å². The number of hydrogen-bond donors (Lipinski definition) is 0. The van der Waals surface area contributed by atoms with Crippen LogP contribution < -0.4 is 0 Å². The Morgan fingerprint density at radius 2 is 0.846 bits per heavy atom. The average molecular weight is 914 g/mol. The Kier molecular flexibility index (Phi) is 27.1. The molecule has 0 amide bonds. The van der Waals surface area contributed by atoms with Gasteiger partial charge in [0.2, 0.25) is 0 Å². The van der Waals surface area contributed by atoms with Gasteiger partial charge in [0.25, 0.3) is 0 Å². The van der Waals surface area contributed by atoms with Crippen LogP contribution in [-0.4, -0.2) is 107 Å². The van der Waals surface area contributed by atoms with Gasteiger partial charge in [-0.15, -0.1) is 0 Å². The molecule has 0 heterocycles. The van der Waals surface area contributed by atoms with Crippen LogP contribution in [0, 0.1) is 29.1 Å². The number of ketones is 1. The number of unbranched alkanes of at least 4 members (excludes halogenated alkanes) is 9. The molecule has 5 rings (SSSR count). The highest BCUT2D eigenvalue weighted by atomic mass is 16.5. The standard InChI is InChI=1S/C53H91N3O9/c1-41(57)43-37-44(39-52(38-43)63-35-13-6-5-11-32-60-47-21-19-46(20-22-47)56-55-45-17-15-42(40-54)16-18-45)53(58)64-36-14-8-7-12-34-62-49-25-29-51(30-26-49)65-50-27-23-48(24-28-50)61-33-10-4-3-9-31-59-2/h42-52H,3-39H2,1-2H3. The lowest BCUT2D eigenvalue weighted by Crippen LogP contribution is -2.36. The molecule has 0 radical (unpaired) electrons. The number of Topliss-reactive ketones (excluding diaryl/α,β-unsaturated/α-hetero) is 1. The van der Waals surface area contributed by atoms with Gasteiger partial charge in [0.15, 0.2) is 0 Å². The van der Waals surface area contributed by atoms with E-state index in [4.69, 9.17) is 38.4 Å². The molecule has 372 valence electrons. The lowest BCUT2D eigenvalue weighted by molar-refractivity contribution is -0.153. The SMILES string of the molecule is COCCCCCCOC1CCC(OC2CCC(OCCCCCCOC(=O)C3CC(OCCCCCCOC4CCC(N=NC5CCC(C#N)CC5)CC4)CC(C(C)=O)C3)CC2)CC1. The number of carbonyl (C=O) groups excluding carboxylic acids is 2. The summed E-state index contributed by atoms with van der Waals surface area (Å²) in [5, 5.41) is 18.4. The van der Waals surface area contributed by atoms with Gasteiger partial charge in [0, 0.05) is 52.0 Å². The van der Waals surface area contributed by atoms with Gasteiger partial charge < -0.3 is 33.2 Å². The van der Waals surface area contributed by atoms with Crippen molar-refractivity contribution in [2.45, 2.75) is 255 Å². The van der Waals surface area contributed by atoms with Crippen LogP contribution in [0.15, 0.2) is 10.2 Å². The minimum absolute atomic E-state index is 0.0726. The Labute approximate surface area is 394 Å². The lowest BCUT2D eigenvalue weighted by Gasteiger charge is -2.34. The number of nitriles is 1. The van der Waals surface area contributed by atoms with Crippen LogP contribution in [0.2, 0.25) is 0 Å². The first-order valence-electron chi connectivity index (χ1n) is 27.0. The van der Waals surface area contributed by atoms with Crippen LogP contribution in [0.3, 0.4) is 0 Å². The molecule has 0 aromatic carbocycles. The third-order valence-corrected chi connectivity index (χ3v) is 15.1. The first kappa shape index (κ1) is 53.9. The zero-order chi connectivity index (χ0) is 45.7. The van der Waals surface area contributed by atoms with Crippen LogP contribution in [0.5, 0.6) is 0 Å². The first-order chi connectivity index (χ1) is 31.9. The molecule has 0 aromatic heterocycles. The van der Waals surface area contributed by atoms with Gasteiger partial charge in [-0.3, -0.25) is 9.59 Å². The summed E-state index contributed by atoms with van der Waals surface area (Å²) in [5.41, 5.74) is 0. The van der Waals surface area contributed by atoms with Gasteiger partial charge in [-0.25, -0.2) is 0 Å². The van der Waals surface area contributed by atoms with E-state index in [1.807, 2.05) is 0 Å². The smallest absolute Gasteiger partial charge is 0.309 e. The Morgan fingerprint density at radius 1 is 0.462 bits per heavy atom. The molecule has 65 heavy (non-hydrogen) atoms. The maximum Gasteiger partial charge on any atom is 0.309 e. The van der Waals surface area contributed by atoms with Gasteiger partial charge in [0.1, 0.15) is 5.78 Å². The van der Waals surface area contributed by atoms with E-state index in [0.717, 1.165) is 193 Å². The van der Waals surface area contributed by atoms with Crippen molar-refractivity contribution in [2.75, 3.05) is 46.8 Å². The predicted octanol–water partition coefficient (Wildman–Crippen LogP) is 11.8. The number of azo groups is 1. The van der Waals surface area contributed by atoms with Crippen molar-refractivity contribution >= 4 is 11.8 Å². The summed E-state index contributed by atoms with van der Waals surface area (Å²) in [6.07, 6.45) is 33.6. The monoisotopic (exact) mass is 914 g/mol. The second kappa shape index (κ2) is 32.7. The van der Waals surface area contributed by atoms with Gasteiger partial charge in [-0.1, -0.05) is 32.1 Å². The third-order valence-electron chi connectivity index (χ3n) is 15.1. The summed E-state index contributed by atoms with van der Waals surface area (Å²) in [5.74, 6) is -0.223. The summed E-state index contributed by atoms with van der Waals surface area (Å²) in [4.78, 5) is 25.5. The summed E-state index contributed by atoms with van der Waals surface area (Å²) in [7, 11) is 1.77. The average Bonchev–Trinajstić information content (AvgIpc) is 3.33. The fourth-order valence-corrected chi connectivity index (χ4v) is 10.8. The number of esters is 1. The van der Waals surface area contributed by atoms with Crippen LogP contribution >= 0.6 is 0 Å². The summed E-state index contributed by atoms with van der Waals surface area (Å²) >= 11 is 0. The third kappa shape index (κ3) is 22.3. The van der Waals surface area contributed by atoms with E-state index in [9.17, 15) is 9.59 Å². The number of rotatable bonds is 31. The van der Waals surface area contributed by atoms with E-state index in [2.05, 4.69) is 16.3 Å². The Balaban J connectivity index is 0.802. The molecule has 0 spiro atoms. The topological polar surface area (TPSA) is 147 Å². The van der Waals surface area contributed by atoms with Crippen molar-refractivity contribution < 1.29 is 42.7 Å². The molecule has 0 aliphatic heterocycles. The predicted molar refractivity (Wildman–Crippen MR) is 253 cm³/mol. The van der Waals surface area contributed by atoms with Crippen LogP contribution in [0.1, 0.15) is 206 Å². The van der Waals surface area contributed by atoms with Crippen LogP contribution in [0.4, 0.5) is 0 Å². The van der Waals surface area contributed by atoms with E-state index in [-0.39, 0.29) is 35.6 Å². The van der Waals surface area contributed by atoms with Gasteiger partial charge >= 0.3 is 5.97 Å². The van der Waals surface area contributed by atoms with E-state index in [1.54, 1.807) is 14.0 Å². The first-order valence-corrected chi connectivity index (χ1v) is 27.0. The molecule has 3 unspecified atom stereocenters. The van der Waals surface area contributed by atoms with Crippen molar-refractivity contribution in [1.29, 1.82) is 5.26 Å². The number of methoxy groups -OCH3 is 1. The van der Waals surface area contributed by atoms with Crippen LogP contribution in [0.25, 0.3) is 0 Å². The summed E-state index contributed by atoms with van der Waals surface area (Å²) < 4.78 is 42.3. The fraction of sp³-hybridized carbons (Fsp3) is 0.943. The largest absolute Gasteiger partial charge is 0.465 e. The van der Waals surface area contributed by atoms with Gasteiger partial charge in [-0.05, 0) is 174 Å². The number of ether oxygens (including phenoxy) is 7. The zero-order valence-corrected chi connectivity index (χ0v) is 41.0. The molecule has 5 fully saturated rings. The molecule has 5 saturated carbocycles. The second-order valence-corrected chi connectivity index (χ2v) is 20.4. The number of hydrogen-bond acceptors (Lipinski definition) is 12. The zero-order valence-electron chi connectivity index (χ0n) is 41.0. The molecule has 12 heteroatoms. The minimum Gasteiger partial charge on any atom is -0.465 e. The van der Waals surface area contributed by atoms with E-state index in [0.29, 0.717) is 75.1 Å². The van der Waals surface area contributed by atoms with Crippen molar-refractivity contribution in [3.05, 3.63) is 0 Å². The van der Waals surface area contributed by atoms with Gasteiger partial charge in [-0.2, -0.15) is 15.5 Å². The molecule has 0 bridgehead atoms. The normalized spacial score (nSPS) is 31.1. The second-order valence-electron chi connectivity index (χ2n) is 20.4. The fourth-order valence-electron chi connectivity index (χ4n) is 10.8. The molecular weight excluding hydrogens is 823 g/mol. The maximum atomic E-state index is 13.1. The Morgan fingerprint density at radius 3 is 1.29 bits per heavy atom. The molecule has 0 N–H and O–H groups in total. The molecule has 12 nitrogen and oxygen atoms in total. The van der Waals surface area contributed by atoms with Crippen molar-refractivity contribution in [3.8, 4) is 6.07 Å². The lowest BCUT2D eigenvalue weighted by atomic mass is 9.78. The quantitative estimate of drug-likeness (QED) is 0.0374. The van der Waals surface area contributed by atoms with Crippen molar-refractivity contribution in [2.24, 2.45) is 28.0 Å². The summed E-state index contributed by atoms with van der Waals surface area (Å²) in [6, 6.07) is 3.03. The molecule has 3 atom stereocenters. The molecule has 5 aliphatic carbocycles. The molecular formula is C53H91N3O9. The highest BCUT2D eigenvalue weighted by Crippen LogP contribution is 2.34. The molecule has 0 saturated heterocycles. The Hall–Kier alpha value is -2.01. The highest BCUT2D eigenvalue weighted by Gasteiger charge is 2.36. The van der Waals surface area contributed by atoms with Crippen molar-refractivity contribution in [3.63, 3.8) is 0 Å². The van der Waals surface area contributed by atoms with E-state index in [1.165, 1.54) is 12.8 Å². The highest BCUT2D eigenvalue weighted by molar-refractivity contribution is 5.80. The molecule has 5 aliphatic rings.